The van der Waals surface area contributed by atoms with Crippen molar-refractivity contribution in [3.05, 3.63) is 88.9 Å². The molecule has 37 heavy (non-hydrogen) atoms. The van der Waals surface area contributed by atoms with Crippen molar-refractivity contribution in [1.82, 2.24) is 25.2 Å². The fraction of sp³-hybridized carbons (Fsp3) is 0.185. The molecule has 1 aliphatic heterocycles. The van der Waals surface area contributed by atoms with Crippen LogP contribution in [0.1, 0.15) is 37.7 Å². The number of H-pyrrole nitrogens is 1. The van der Waals surface area contributed by atoms with E-state index in [0.29, 0.717) is 13.0 Å². The van der Waals surface area contributed by atoms with E-state index in [0.717, 1.165) is 32.8 Å². The smallest absolute Gasteiger partial charge is 0.262 e. The van der Waals surface area contributed by atoms with E-state index in [9.17, 15) is 14.4 Å². The Kier molecular flexibility index (Phi) is 6.46. The SMILES string of the molecule is Cc1cc(C)nc(NC(=NCCc2c[nH]c3ccccc23)NC(=O)CN2C(=O)c3ccccc3C2=O)n1. The molecule has 0 fully saturated rings. The van der Waals surface area contributed by atoms with Gasteiger partial charge in [-0.3, -0.25) is 34.9 Å². The first-order valence-electron chi connectivity index (χ1n) is 11.8. The third-order valence-corrected chi connectivity index (χ3v) is 5.98. The molecule has 186 valence electrons. The highest BCUT2D eigenvalue weighted by molar-refractivity contribution is 6.22. The summed E-state index contributed by atoms with van der Waals surface area (Å²) in [5, 5.41) is 6.77. The summed E-state index contributed by atoms with van der Waals surface area (Å²) >= 11 is 0. The van der Waals surface area contributed by atoms with E-state index in [1.807, 2.05) is 50.4 Å². The first kappa shape index (κ1) is 23.9. The zero-order chi connectivity index (χ0) is 25.9. The summed E-state index contributed by atoms with van der Waals surface area (Å²) in [5.74, 6) is -1.16. The van der Waals surface area contributed by atoms with Gasteiger partial charge in [-0.15, -0.1) is 0 Å². The second-order valence-corrected chi connectivity index (χ2v) is 8.73. The highest BCUT2D eigenvalue weighted by Crippen LogP contribution is 2.22. The number of guanidine groups is 1. The second kappa shape index (κ2) is 10.0. The number of imide groups is 1. The van der Waals surface area contributed by atoms with Gasteiger partial charge in [0.25, 0.3) is 11.8 Å². The van der Waals surface area contributed by atoms with E-state index >= 15 is 0 Å². The van der Waals surface area contributed by atoms with Crippen LogP contribution < -0.4 is 10.6 Å². The number of nitrogens with zero attached hydrogens (tertiary/aromatic N) is 4. The monoisotopic (exact) mass is 495 g/mol. The van der Waals surface area contributed by atoms with Gasteiger partial charge in [-0.1, -0.05) is 30.3 Å². The Hall–Kier alpha value is -4.86. The number of aromatic amines is 1. The highest BCUT2D eigenvalue weighted by Gasteiger charge is 2.36. The summed E-state index contributed by atoms with van der Waals surface area (Å²) in [6, 6.07) is 16.3. The van der Waals surface area contributed by atoms with Crippen LogP contribution in [-0.2, 0) is 11.2 Å². The summed E-state index contributed by atoms with van der Waals surface area (Å²) in [7, 11) is 0. The van der Waals surface area contributed by atoms with Crippen molar-refractivity contribution in [1.29, 1.82) is 0 Å². The molecule has 3 heterocycles. The third-order valence-electron chi connectivity index (χ3n) is 5.98. The lowest BCUT2D eigenvalue weighted by molar-refractivity contribution is -0.120. The molecule has 2 aromatic carbocycles. The van der Waals surface area contributed by atoms with Gasteiger partial charge in [0.15, 0.2) is 0 Å². The van der Waals surface area contributed by atoms with Crippen LogP contribution in [0.3, 0.4) is 0 Å². The second-order valence-electron chi connectivity index (χ2n) is 8.73. The quantitative estimate of drug-likeness (QED) is 0.214. The predicted molar refractivity (Wildman–Crippen MR) is 139 cm³/mol. The van der Waals surface area contributed by atoms with Crippen molar-refractivity contribution in [3.63, 3.8) is 0 Å². The summed E-state index contributed by atoms with van der Waals surface area (Å²) in [5.41, 5.74) is 4.22. The summed E-state index contributed by atoms with van der Waals surface area (Å²) in [4.78, 5) is 55.7. The molecular formula is C27H25N7O3. The number of carbonyl (C=O) groups is 3. The Morgan fingerprint density at radius 1 is 0.973 bits per heavy atom. The zero-order valence-corrected chi connectivity index (χ0v) is 20.4. The van der Waals surface area contributed by atoms with Gasteiger partial charge >= 0.3 is 0 Å². The fourth-order valence-corrected chi connectivity index (χ4v) is 4.32. The van der Waals surface area contributed by atoms with Crippen LogP contribution in [0.4, 0.5) is 5.95 Å². The number of amides is 3. The van der Waals surface area contributed by atoms with Gasteiger partial charge in [0, 0.05) is 35.0 Å². The molecule has 1 aliphatic rings. The summed E-state index contributed by atoms with van der Waals surface area (Å²) in [6.45, 7) is 3.61. The van der Waals surface area contributed by atoms with Crippen molar-refractivity contribution < 1.29 is 14.4 Å². The van der Waals surface area contributed by atoms with Crippen molar-refractivity contribution >= 4 is 40.5 Å². The Labute approximate surface area is 212 Å². The van der Waals surface area contributed by atoms with Gasteiger partial charge in [0.1, 0.15) is 6.54 Å². The van der Waals surface area contributed by atoms with Crippen LogP contribution in [0.15, 0.2) is 65.8 Å². The lowest BCUT2D eigenvalue weighted by Gasteiger charge is -2.15. The molecule has 10 nitrogen and oxygen atoms in total. The van der Waals surface area contributed by atoms with Crippen LogP contribution in [0, 0.1) is 13.8 Å². The maximum Gasteiger partial charge on any atom is 0.262 e. The average molecular weight is 496 g/mol. The Morgan fingerprint density at radius 2 is 1.62 bits per heavy atom. The van der Waals surface area contributed by atoms with Gasteiger partial charge in [-0.25, -0.2) is 9.97 Å². The lowest BCUT2D eigenvalue weighted by atomic mass is 10.1. The van der Waals surface area contributed by atoms with E-state index in [2.05, 4.69) is 30.6 Å². The number of aromatic nitrogens is 3. The molecular weight excluding hydrogens is 470 g/mol. The Morgan fingerprint density at radius 3 is 2.32 bits per heavy atom. The minimum atomic E-state index is -0.572. The average Bonchev–Trinajstić information content (AvgIpc) is 3.38. The zero-order valence-electron chi connectivity index (χ0n) is 20.4. The molecule has 3 N–H and O–H groups in total. The third kappa shape index (κ3) is 5.08. The minimum Gasteiger partial charge on any atom is -0.361 e. The molecule has 0 aliphatic carbocycles. The number of fused-ring (bicyclic) bond motifs is 2. The van der Waals surface area contributed by atoms with Crippen LogP contribution in [0.25, 0.3) is 10.9 Å². The van der Waals surface area contributed by atoms with Crippen molar-refractivity contribution in [2.45, 2.75) is 20.3 Å². The molecule has 0 unspecified atom stereocenters. The van der Waals surface area contributed by atoms with Gasteiger partial charge < -0.3 is 4.98 Å². The standard InChI is InChI=1S/C27H25N7O3/c1-16-13-17(2)31-27(30-16)33-26(28-12-11-18-14-29-22-10-6-5-7-19(18)22)32-23(35)15-34-24(36)20-8-3-4-9-21(20)25(34)37/h3-10,13-14,29H,11-12,15H2,1-2H3,(H2,28,30,31,32,33,35). The predicted octanol–water partition coefficient (Wildman–Crippen LogP) is 3.00. The van der Waals surface area contributed by atoms with E-state index in [1.165, 1.54) is 0 Å². The number of anilines is 1. The van der Waals surface area contributed by atoms with Crippen molar-refractivity contribution in [3.8, 4) is 0 Å². The van der Waals surface area contributed by atoms with E-state index in [1.54, 1.807) is 24.3 Å². The van der Waals surface area contributed by atoms with E-state index < -0.39 is 24.3 Å². The van der Waals surface area contributed by atoms with Gasteiger partial charge in [-0.05, 0) is 50.1 Å². The molecule has 3 amide bonds. The van der Waals surface area contributed by atoms with Crippen LogP contribution in [0.5, 0.6) is 0 Å². The molecule has 0 atom stereocenters. The number of nitrogens with one attached hydrogen (secondary N) is 3. The number of hydrogen-bond acceptors (Lipinski definition) is 6. The maximum atomic E-state index is 12.9. The number of aliphatic imine (C=N–C) groups is 1. The fourth-order valence-electron chi connectivity index (χ4n) is 4.32. The topological polar surface area (TPSA) is 132 Å². The minimum absolute atomic E-state index is 0.131. The van der Waals surface area contributed by atoms with Crippen LogP contribution in [-0.4, -0.2) is 56.6 Å². The number of rotatable bonds is 6. The summed E-state index contributed by atoms with van der Waals surface area (Å²) in [6.07, 6.45) is 2.57. The molecule has 0 radical (unpaired) electrons. The first-order valence-corrected chi connectivity index (χ1v) is 11.8. The number of para-hydroxylation sites is 1. The maximum absolute atomic E-state index is 12.9. The van der Waals surface area contributed by atoms with Gasteiger partial charge in [0.05, 0.1) is 11.1 Å². The molecule has 0 saturated carbocycles. The molecule has 0 bridgehead atoms. The molecule has 0 spiro atoms. The Bertz CT molecular complexity index is 1500. The Balaban J connectivity index is 1.32. The van der Waals surface area contributed by atoms with Crippen molar-refractivity contribution in [2.75, 3.05) is 18.4 Å². The van der Waals surface area contributed by atoms with E-state index in [-0.39, 0.29) is 23.0 Å². The summed E-state index contributed by atoms with van der Waals surface area (Å²) < 4.78 is 0. The highest BCUT2D eigenvalue weighted by atomic mass is 16.2. The van der Waals surface area contributed by atoms with Gasteiger partial charge in [-0.2, -0.15) is 0 Å². The number of aryl methyl sites for hydroxylation is 2. The van der Waals surface area contributed by atoms with Crippen LogP contribution in [0.2, 0.25) is 0 Å². The molecule has 0 saturated heterocycles. The molecule has 10 heteroatoms. The number of hydrogen-bond donors (Lipinski definition) is 3. The molecule has 5 rings (SSSR count). The van der Waals surface area contributed by atoms with Gasteiger partial charge in [0.2, 0.25) is 17.8 Å². The van der Waals surface area contributed by atoms with E-state index in [4.69, 9.17) is 0 Å². The molecule has 2 aromatic heterocycles. The number of carbonyl (C=O) groups excluding carboxylic acids is 3. The normalized spacial score (nSPS) is 13.2. The lowest BCUT2D eigenvalue weighted by Crippen LogP contribution is -2.44. The first-order chi connectivity index (χ1) is 17.9. The van der Waals surface area contributed by atoms with Crippen molar-refractivity contribution in [2.24, 2.45) is 4.99 Å². The largest absolute Gasteiger partial charge is 0.361 e. The van der Waals surface area contributed by atoms with Crippen LogP contribution >= 0.6 is 0 Å². The molecule has 4 aromatic rings. The number of benzene rings is 2.